The lowest BCUT2D eigenvalue weighted by Crippen LogP contribution is -2.39. The van der Waals surface area contributed by atoms with E-state index < -0.39 is 0 Å². The smallest absolute Gasteiger partial charge is 0.276 e. The minimum Gasteiger partial charge on any atom is -0.361 e. The maximum Gasteiger partial charge on any atom is 0.276 e. The lowest BCUT2D eigenvalue weighted by molar-refractivity contribution is -0.129. The van der Waals surface area contributed by atoms with Crippen LogP contribution in [-0.4, -0.2) is 49.8 Å². The largest absolute Gasteiger partial charge is 0.361 e. The highest BCUT2D eigenvalue weighted by Crippen LogP contribution is 2.31. The predicted molar refractivity (Wildman–Crippen MR) is 103 cm³/mol. The highest BCUT2D eigenvalue weighted by atomic mass is 16.5. The van der Waals surface area contributed by atoms with Gasteiger partial charge in [0.25, 0.3) is 11.5 Å². The van der Waals surface area contributed by atoms with E-state index in [0.29, 0.717) is 55.3 Å². The Labute approximate surface area is 168 Å². The summed E-state index contributed by atoms with van der Waals surface area (Å²) < 4.78 is 5.25. The number of carbonyl (C=O) groups excluding carboxylic acids is 2. The molecule has 9 heteroatoms. The van der Waals surface area contributed by atoms with Crippen LogP contribution < -0.4 is 5.56 Å². The lowest BCUT2D eigenvalue weighted by Gasteiger charge is -2.28. The fourth-order valence-electron chi connectivity index (χ4n) is 4.10. The summed E-state index contributed by atoms with van der Waals surface area (Å²) in [5, 5.41) is 3.92. The molecule has 0 spiro atoms. The minimum absolute atomic E-state index is 0.0362. The fraction of sp³-hybridized carbons (Fsp3) is 0.550. The third kappa shape index (κ3) is 3.68. The number of aromatic nitrogens is 3. The molecule has 2 amide bonds. The molecule has 1 N–H and O–H groups in total. The molecule has 0 saturated carbocycles. The summed E-state index contributed by atoms with van der Waals surface area (Å²) in [5.74, 6) is 0.911. The Balaban J connectivity index is 1.61. The van der Waals surface area contributed by atoms with E-state index in [-0.39, 0.29) is 29.1 Å². The molecular formula is C20H25N5O4. The number of likely N-dealkylation sites (tertiary alicyclic amines) is 1. The Hall–Kier alpha value is -2.97. The van der Waals surface area contributed by atoms with Crippen molar-refractivity contribution in [2.45, 2.75) is 58.5 Å². The molecule has 9 nitrogen and oxygen atoms in total. The molecule has 1 atom stereocenters. The Kier molecular flexibility index (Phi) is 5.21. The van der Waals surface area contributed by atoms with Crippen LogP contribution in [0.2, 0.25) is 0 Å². The zero-order chi connectivity index (χ0) is 20.5. The second-order valence-corrected chi connectivity index (χ2v) is 7.65. The monoisotopic (exact) mass is 399 g/mol. The normalized spacial score (nSPS) is 18.8. The molecule has 154 valence electrons. The molecule has 2 aromatic heterocycles. The number of nitrogens with one attached hydrogen (secondary N) is 1. The summed E-state index contributed by atoms with van der Waals surface area (Å²) in [7, 11) is 0. The first kappa shape index (κ1) is 19.4. The first-order valence-electron chi connectivity index (χ1n) is 10.1. The number of hydrogen-bond acceptors (Lipinski definition) is 6. The van der Waals surface area contributed by atoms with Crippen LogP contribution in [0, 0.1) is 0 Å². The van der Waals surface area contributed by atoms with Crippen molar-refractivity contribution in [3.8, 4) is 0 Å². The van der Waals surface area contributed by atoms with Crippen LogP contribution in [-0.2, 0) is 24.2 Å². The number of fused-ring (bicyclic) bond motifs is 1. The highest BCUT2D eigenvalue weighted by Gasteiger charge is 2.35. The third-order valence-corrected chi connectivity index (χ3v) is 5.64. The standard InChI is InChI=1S/C20H25N5O4/c1-3-5-13-10-15(23-29-13)20(28)25-8-4-6-17(25)18-21-16-11-24(12(2)26)9-7-14(16)19(27)22-18/h10,17H,3-9,11H2,1-2H3,(H,21,22,27)/t17-/m1/s1. The van der Waals surface area contributed by atoms with Gasteiger partial charge in [-0.1, -0.05) is 12.1 Å². The zero-order valence-electron chi connectivity index (χ0n) is 16.7. The number of aromatic amines is 1. The highest BCUT2D eigenvalue weighted by molar-refractivity contribution is 5.92. The Morgan fingerprint density at radius 1 is 1.34 bits per heavy atom. The average Bonchev–Trinajstić information content (AvgIpc) is 3.37. The average molecular weight is 399 g/mol. The topological polar surface area (TPSA) is 112 Å². The van der Waals surface area contributed by atoms with E-state index in [1.165, 1.54) is 6.92 Å². The van der Waals surface area contributed by atoms with E-state index in [2.05, 4.69) is 15.1 Å². The van der Waals surface area contributed by atoms with Gasteiger partial charge in [0.2, 0.25) is 5.91 Å². The van der Waals surface area contributed by atoms with Crippen molar-refractivity contribution < 1.29 is 14.1 Å². The minimum atomic E-state index is -0.320. The van der Waals surface area contributed by atoms with Crippen LogP contribution in [0.15, 0.2) is 15.4 Å². The van der Waals surface area contributed by atoms with Gasteiger partial charge in [0.15, 0.2) is 5.69 Å². The summed E-state index contributed by atoms with van der Waals surface area (Å²) in [6.07, 6.45) is 3.66. The number of rotatable bonds is 4. The molecule has 2 aliphatic heterocycles. The van der Waals surface area contributed by atoms with Crippen molar-refractivity contribution in [3.63, 3.8) is 0 Å². The van der Waals surface area contributed by atoms with Gasteiger partial charge < -0.3 is 19.3 Å². The first-order chi connectivity index (χ1) is 14.0. The second kappa shape index (κ2) is 7.81. The van der Waals surface area contributed by atoms with E-state index in [0.717, 1.165) is 19.3 Å². The van der Waals surface area contributed by atoms with E-state index in [1.807, 2.05) is 6.92 Å². The second-order valence-electron chi connectivity index (χ2n) is 7.65. The predicted octanol–water partition coefficient (Wildman–Crippen LogP) is 1.59. The molecule has 0 aromatic carbocycles. The molecule has 0 bridgehead atoms. The number of H-pyrrole nitrogens is 1. The molecule has 2 aromatic rings. The van der Waals surface area contributed by atoms with Crippen LogP contribution >= 0.6 is 0 Å². The molecule has 29 heavy (non-hydrogen) atoms. The van der Waals surface area contributed by atoms with Gasteiger partial charge in [0.1, 0.15) is 11.6 Å². The molecule has 1 fully saturated rings. The molecule has 0 unspecified atom stereocenters. The van der Waals surface area contributed by atoms with E-state index in [9.17, 15) is 14.4 Å². The Bertz CT molecular complexity index is 995. The zero-order valence-corrected chi connectivity index (χ0v) is 16.7. The van der Waals surface area contributed by atoms with Gasteiger partial charge in [-0.15, -0.1) is 0 Å². The summed E-state index contributed by atoms with van der Waals surface area (Å²) >= 11 is 0. The van der Waals surface area contributed by atoms with Crippen LogP contribution in [0.5, 0.6) is 0 Å². The van der Waals surface area contributed by atoms with Crippen molar-refractivity contribution in [3.05, 3.63) is 45.0 Å². The molecule has 0 aliphatic carbocycles. The lowest BCUT2D eigenvalue weighted by atomic mass is 10.1. The van der Waals surface area contributed by atoms with Crippen molar-refractivity contribution in [2.24, 2.45) is 0 Å². The Morgan fingerprint density at radius 2 is 2.17 bits per heavy atom. The van der Waals surface area contributed by atoms with Gasteiger partial charge in [-0.3, -0.25) is 14.4 Å². The summed E-state index contributed by atoms with van der Waals surface area (Å²) in [6.45, 7) is 4.96. The van der Waals surface area contributed by atoms with Crippen molar-refractivity contribution in [1.82, 2.24) is 24.9 Å². The number of amides is 2. The fourth-order valence-corrected chi connectivity index (χ4v) is 4.10. The summed E-state index contributed by atoms with van der Waals surface area (Å²) in [6, 6.07) is 1.37. The summed E-state index contributed by atoms with van der Waals surface area (Å²) in [4.78, 5) is 48.2. The van der Waals surface area contributed by atoms with E-state index in [4.69, 9.17) is 4.52 Å². The molecule has 4 rings (SSSR count). The van der Waals surface area contributed by atoms with Crippen LogP contribution in [0.1, 0.15) is 72.5 Å². The number of nitrogens with zero attached hydrogens (tertiary/aromatic N) is 4. The van der Waals surface area contributed by atoms with Gasteiger partial charge in [0.05, 0.1) is 18.3 Å². The number of aryl methyl sites for hydroxylation is 1. The molecule has 4 heterocycles. The Morgan fingerprint density at radius 3 is 2.93 bits per heavy atom. The van der Waals surface area contributed by atoms with Crippen LogP contribution in [0.3, 0.4) is 0 Å². The first-order valence-corrected chi connectivity index (χ1v) is 10.1. The van der Waals surface area contributed by atoms with Gasteiger partial charge in [-0.2, -0.15) is 0 Å². The number of hydrogen-bond donors (Lipinski definition) is 1. The number of carbonyl (C=O) groups is 2. The van der Waals surface area contributed by atoms with Crippen LogP contribution in [0.4, 0.5) is 0 Å². The van der Waals surface area contributed by atoms with Gasteiger partial charge in [0, 0.05) is 38.1 Å². The van der Waals surface area contributed by atoms with E-state index in [1.54, 1.807) is 15.9 Å². The SMILES string of the molecule is CCCc1cc(C(=O)N2CCC[C@@H]2c2nc3c(c(=O)[nH]2)CCN(C(C)=O)C3)no1. The maximum atomic E-state index is 13.0. The molecular weight excluding hydrogens is 374 g/mol. The third-order valence-electron chi connectivity index (χ3n) is 5.64. The summed E-state index contributed by atoms with van der Waals surface area (Å²) in [5.41, 5.74) is 1.35. The van der Waals surface area contributed by atoms with Crippen molar-refractivity contribution in [2.75, 3.05) is 13.1 Å². The van der Waals surface area contributed by atoms with Crippen molar-refractivity contribution >= 4 is 11.8 Å². The molecule has 1 saturated heterocycles. The maximum absolute atomic E-state index is 13.0. The molecule has 0 radical (unpaired) electrons. The van der Waals surface area contributed by atoms with E-state index >= 15 is 0 Å². The van der Waals surface area contributed by atoms with Crippen molar-refractivity contribution in [1.29, 1.82) is 0 Å². The van der Waals surface area contributed by atoms with Crippen LogP contribution in [0.25, 0.3) is 0 Å². The quantitative estimate of drug-likeness (QED) is 0.835. The molecule has 2 aliphatic rings. The van der Waals surface area contributed by atoms with Gasteiger partial charge in [-0.25, -0.2) is 4.98 Å². The van der Waals surface area contributed by atoms with Gasteiger partial charge in [-0.05, 0) is 25.7 Å². The van der Waals surface area contributed by atoms with Gasteiger partial charge >= 0.3 is 0 Å².